The quantitative estimate of drug-likeness (QED) is 0.799. The van der Waals surface area contributed by atoms with Crippen molar-refractivity contribution in [2.45, 2.75) is 26.3 Å². The summed E-state index contributed by atoms with van der Waals surface area (Å²) in [6, 6.07) is 4.28. The number of likely N-dealkylation sites (N-methyl/N-ethyl adjacent to an activating group) is 1. The number of hydrogen-bond donors (Lipinski definition) is 2. The van der Waals surface area contributed by atoms with E-state index < -0.39 is 0 Å². The first kappa shape index (κ1) is 14.3. The van der Waals surface area contributed by atoms with E-state index in [2.05, 4.69) is 42.2 Å². The lowest BCUT2D eigenvalue weighted by atomic mass is 10.2. The summed E-state index contributed by atoms with van der Waals surface area (Å²) < 4.78 is 0. The van der Waals surface area contributed by atoms with Gasteiger partial charge in [-0.15, -0.1) is 0 Å². The van der Waals surface area contributed by atoms with Crippen LogP contribution in [0, 0.1) is 11.3 Å². The Balaban J connectivity index is 2.52. The van der Waals surface area contributed by atoms with Crippen LogP contribution in [0.15, 0.2) is 12.3 Å². The van der Waals surface area contributed by atoms with E-state index in [1.54, 1.807) is 12.3 Å². The molecule has 5 heteroatoms. The fourth-order valence-corrected chi connectivity index (χ4v) is 1.59. The second kappa shape index (κ2) is 6.82. The Bertz CT molecular complexity index is 424. The van der Waals surface area contributed by atoms with Gasteiger partial charge in [0.1, 0.15) is 11.9 Å². The van der Waals surface area contributed by atoms with E-state index in [-0.39, 0.29) is 0 Å². The topological polar surface area (TPSA) is 78.0 Å². The SMILES string of the molecule is CCC(C)N(C)CCNc1ncc(N)cc1C#N. The molecular weight excluding hydrogens is 226 g/mol. The number of pyridine rings is 1. The molecule has 0 aliphatic rings. The molecule has 5 nitrogen and oxygen atoms in total. The van der Waals surface area contributed by atoms with Crippen LogP contribution in [0.5, 0.6) is 0 Å². The van der Waals surface area contributed by atoms with Crippen LogP contribution in [-0.4, -0.2) is 36.1 Å². The van der Waals surface area contributed by atoms with Gasteiger partial charge in [-0.2, -0.15) is 5.26 Å². The van der Waals surface area contributed by atoms with Crippen molar-refractivity contribution in [2.24, 2.45) is 0 Å². The maximum Gasteiger partial charge on any atom is 0.144 e. The third-order valence-electron chi connectivity index (χ3n) is 3.13. The van der Waals surface area contributed by atoms with Gasteiger partial charge < -0.3 is 16.0 Å². The Morgan fingerprint density at radius 2 is 2.33 bits per heavy atom. The largest absolute Gasteiger partial charge is 0.397 e. The molecule has 0 aliphatic carbocycles. The minimum atomic E-state index is 0.487. The molecule has 0 bridgehead atoms. The summed E-state index contributed by atoms with van der Waals surface area (Å²) >= 11 is 0. The normalized spacial score (nSPS) is 12.2. The monoisotopic (exact) mass is 247 g/mol. The minimum absolute atomic E-state index is 0.487. The van der Waals surface area contributed by atoms with Crippen LogP contribution in [0.3, 0.4) is 0 Å². The molecule has 0 fully saturated rings. The number of anilines is 2. The van der Waals surface area contributed by atoms with Gasteiger partial charge in [-0.05, 0) is 26.5 Å². The number of nitrogen functional groups attached to an aromatic ring is 1. The molecule has 1 rings (SSSR count). The zero-order valence-corrected chi connectivity index (χ0v) is 11.3. The molecule has 1 aromatic heterocycles. The van der Waals surface area contributed by atoms with Gasteiger partial charge in [-0.25, -0.2) is 4.98 Å². The highest BCUT2D eigenvalue weighted by Crippen LogP contribution is 2.13. The number of nitrogens with zero attached hydrogens (tertiary/aromatic N) is 3. The van der Waals surface area contributed by atoms with Crippen molar-refractivity contribution in [3.05, 3.63) is 17.8 Å². The zero-order valence-electron chi connectivity index (χ0n) is 11.3. The highest BCUT2D eigenvalue weighted by molar-refractivity contribution is 5.57. The molecule has 3 N–H and O–H groups in total. The molecular formula is C13H21N5. The molecule has 0 saturated heterocycles. The molecule has 0 aromatic carbocycles. The Kier molecular flexibility index (Phi) is 5.40. The van der Waals surface area contributed by atoms with Crippen molar-refractivity contribution in [1.82, 2.24) is 9.88 Å². The Morgan fingerprint density at radius 3 is 2.94 bits per heavy atom. The highest BCUT2D eigenvalue weighted by Gasteiger charge is 2.07. The Hall–Kier alpha value is -1.80. The fraction of sp³-hybridized carbons (Fsp3) is 0.538. The molecule has 1 aromatic rings. The third kappa shape index (κ3) is 3.90. The summed E-state index contributed by atoms with van der Waals surface area (Å²) in [5.41, 5.74) is 6.58. The van der Waals surface area contributed by atoms with Gasteiger partial charge in [0, 0.05) is 19.1 Å². The lowest BCUT2D eigenvalue weighted by Crippen LogP contribution is -2.32. The lowest BCUT2D eigenvalue weighted by molar-refractivity contribution is 0.261. The van der Waals surface area contributed by atoms with E-state index in [1.807, 2.05) is 0 Å². The first-order valence-electron chi connectivity index (χ1n) is 6.18. The number of aromatic nitrogens is 1. The lowest BCUT2D eigenvalue weighted by Gasteiger charge is -2.23. The summed E-state index contributed by atoms with van der Waals surface area (Å²) in [7, 11) is 2.09. The number of rotatable bonds is 6. The molecule has 0 aliphatic heterocycles. The smallest absolute Gasteiger partial charge is 0.144 e. The maximum atomic E-state index is 8.98. The fourth-order valence-electron chi connectivity index (χ4n) is 1.59. The number of nitrogens with one attached hydrogen (secondary N) is 1. The van der Waals surface area contributed by atoms with E-state index in [9.17, 15) is 0 Å². The predicted octanol–water partition coefficient (Wildman–Crippen LogP) is 1.68. The van der Waals surface area contributed by atoms with Gasteiger partial charge in [0.2, 0.25) is 0 Å². The summed E-state index contributed by atoms with van der Waals surface area (Å²) in [6.07, 6.45) is 2.68. The van der Waals surface area contributed by atoms with Crippen molar-refractivity contribution in [1.29, 1.82) is 5.26 Å². The average Bonchev–Trinajstić information content (AvgIpc) is 2.39. The van der Waals surface area contributed by atoms with E-state index >= 15 is 0 Å². The van der Waals surface area contributed by atoms with Crippen LogP contribution < -0.4 is 11.1 Å². The number of nitrogens with two attached hydrogens (primary N) is 1. The van der Waals surface area contributed by atoms with E-state index in [0.29, 0.717) is 23.1 Å². The predicted molar refractivity (Wildman–Crippen MR) is 74.2 cm³/mol. The van der Waals surface area contributed by atoms with E-state index in [4.69, 9.17) is 11.0 Å². The molecule has 0 amide bonds. The van der Waals surface area contributed by atoms with Crippen molar-refractivity contribution in [2.75, 3.05) is 31.2 Å². The van der Waals surface area contributed by atoms with Gasteiger partial charge in [0.05, 0.1) is 17.4 Å². The van der Waals surface area contributed by atoms with Crippen LogP contribution in [-0.2, 0) is 0 Å². The second-order valence-electron chi connectivity index (χ2n) is 4.44. The van der Waals surface area contributed by atoms with Gasteiger partial charge in [-0.3, -0.25) is 0 Å². The van der Waals surface area contributed by atoms with Crippen LogP contribution in [0.4, 0.5) is 11.5 Å². The first-order valence-corrected chi connectivity index (χ1v) is 6.18. The summed E-state index contributed by atoms with van der Waals surface area (Å²) in [5, 5.41) is 12.2. The van der Waals surface area contributed by atoms with Crippen LogP contribution in [0.25, 0.3) is 0 Å². The molecule has 1 unspecified atom stereocenters. The maximum absolute atomic E-state index is 8.98. The second-order valence-corrected chi connectivity index (χ2v) is 4.44. The molecule has 0 spiro atoms. The van der Waals surface area contributed by atoms with Crippen molar-refractivity contribution < 1.29 is 0 Å². The van der Waals surface area contributed by atoms with Crippen LogP contribution in [0.2, 0.25) is 0 Å². The van der Waals surface area contributed by atoms with Gasteiger partial charge >= 0.3 is 0 Å². The standard InChI is InChI=1S/C13H21N5/c1-4-10(2)18(3)6-5-16-13-11(8-14)7-12(15)9-17-13/h7,9-10H,4-6,15H2,1-3H3,(H,16,17). The summed E-state index contributed by atoms with van der Waals surface area (Å²) in [6.45, 7) is 6.03. The van der Waals surface area contributed by atoms with Crippen LogP contribution in [0.1, 0.15) is 25.8 Å². The molecule has 1 heterocycles. The molecule has 18 heavy (non-hydrogen) atoms. The Labute approximate surface area is 109 Å². The Morgan fingerprint density at radius 1 is 1.61 bits per heavy atom. The zero-order chi connectivity index (χ0) is 13.5. The van der Waals surface area contributed by atoms with Crippen LogP contribution >= 0.6 is 0 Å². The highest BCUT2D eigenvalue weighted by atomic mass is 15.1. The van der Waals surface area contributed by atoms with Gasteiger partial charge in [0.15, 0.2) is 0 Å². The molecule has 98 valence electrons. The summed E-state index contributed by atoms with van der Waals surface area (Å²) in [5.74, 6) is 0.601. The molecule has 0 radical (unpaired) electrons. The minimum Gasteiger partial charge on any atom is -0.397 e. The van der Waals surface area contributed by atoms with Crippen molar-refractivity contribution in [3.63, 3.8) is 0 Å². The van der Waals surface area contributed by atoms with E-state index in [0.717, 1.165) is 19.5 Å². The van der Waals surface area contributed by atoms with Crippen molar-refractivity contribution >= 4 is 11.5 Å². The first-order chi connectivity index (χ1) is 8.58. The number of hydrogen-bond acceptors (Lipinski definition) is 5. The summed E-state index contributed by atoms with van der Waals surface area (Å²) in [4.78, 5) is 6.41. The average molecular weight is 247 g/mol. The molecule has 0 saturated carbocycles. The molecule has 1 atom stereocenters. The van der Waals surface area contributed by atoms with Crippen molar-refractivity contribution in [3.8, 4) is 6.07 Å². The van der Waals surface area contributed by atoms with E-state index in [1.165, 1.54) is 0 Å². The third-order valence-corrected chi connectivity index (χ3v) is 3.13. The number of nitriles is 1. The van der Waals surface area contributed by atoms with Gasteiger partial charge in [0.25, 0.3) is 0 Å². The van der Waals surface area contributed by atoms with Gasteiger partial charge in [-0.1, -0.05) is 6.92 Å².